The molecular formula is C24H18N2. The highest BCUT2D eigenvalue weighted by molar-refractivity contribution is 5.86. The van der Waals surface area contributed by atoms with Crippen LogP contribution in [0.4, 0.5) is 0 Å². The fourth-order valence-corrected chi connectivity index (χ4v) is 5.02. The average molecular weight is 334 g/mol. The zero-order valence-corrected chi connectivity index (χ0v) is 14.6. The first kappa shape index (κ1) is 14.1. The molecule has 6 rings (SSSR count). The van der Waals surface area contributed by atoms with E-state index in [4.69, 9.17) is 4.98 Å². The Balaban J connectivity index is 1.86. The smallest absolute Gasteiger partial charge is 0.128 e. The zero-order chi connectivity index (χ0) is 17.3. The van der Waals surface area contributed by atoms with Gasteiger partial charge in [0.1, 0.15) is 11.2 Å². The molecule has 1 aliphatic heterocycles. The van der Waals surface area contributed by atoms with Crippen molar-refractivity contribution in [2.75, 3.05) is 0 Å². The molecule has 0 amide bonds. The predicted octanol–water partition coefficient (Wildman–Crippen LogP) is 4.92. The molecule has 4 aromatic rings. The molecule has 1 aliphatic carbocycles. The van der Waals surface area contributed by atoms with Crippen LogP contribution in [0.15, 0.2) is 79.1 Å². The summed E-state index contributed by atoms with van der Waals surface area (Å²) in [4.78, 5) is 4.88. The minimum atomic E-state index is -0.323. The summed E-state index contributed by atoms with van der Waals surface area (Å²) in [5.41, 5.74) is 9.08. The van der Waals surface area contributed by atoms with Crippen molar-refractivity contribution >= 4 is 0 Å². The lowest BCUT2D eigenvalue weighted by molar-refractivity contribution is 0.579. The largest absolute Gasteiger partial charge is 0.329 e. The highest BCUT2D eigenvalue weighted by atomic mass is 15.1. The molecule has 26 heavy (non-hydrogen) atoms. The standard InChI is InChI=1S/C24H18N2/c1-16-10-11-19-18-7-3-5-9-21(18)24(22(19)14-16)20-8-4-2-6-17(20)15-26-13-12-25-23(24)26/h2-14H,15H2,1H3. The molecule has 2 heterocycles. The number of nitrogens with zero attached hydrogens (tertiary/aromatic N) is 2. The molecule has 124 valence electrons. The molecule has 2 heteroatoms. The van der Waals surface area contributed by atoms with Crippen molar-refractivity contribution in [3.8, 4) is 11.1 Å². The third-order valence-corrected chi connectivity index (χ3v) is 6.01. The zero-order valence-electron chi connectivity index (χ0n) is 14.6. The first-order chi connectivity index (χ1) is 12.8. The van der Waals surface area contributed by atoms with E-state index in [0.29, 0.717) is 0 Å². The maximum atomic E-state index is 4.88. The maximum absolute atomic E-state index is 4.88. The summed E-state index contributed by atoms with van der Waals surface area (Å²) >= 11 is 0. The first-order valence-corrected chi connectivity index (χ1v) is 9.11. The average Bonchev–Trinajstić information content (AvgIpc) is 3.24. The molecule has 0 saturated carbocycles. The molecule has 1 spiro atoms. The number of benzene rings is 3. The van der Waals surface area contributed by atoms with Gasteiger partial charge in [-0.15, -0.1) is 0 Å². The number of rotatable bonds is 0. The van der Waals surface area contributed by atoms with Gasteiger partial charge in [-0.25, -0.2) is 4.98 Å². The molecule has 0 N–H and O–H groups in total. The van der Waals surface area contributed by atoms with E-state index in [9.17, 15) is 0 Å². The lowest BCUT2D eigenvalue weighted by Crippen LogP contribution is -2.37. The molecule has 1 aromatic heterocycles. The van der Waals surface area contributed by atoms with E-state index in [1.54, 1.807) is 0 Å². The SMILES string of the molecule is Cc1ccc2c(c1)C1(c3ccccc3Cn3ccnc31)c1ccccc1-2. The summed E-state index contributed by atoms with van der Waals surface area (Å²) in [6.07, 6.45) is 4.06. The lowest BCUT2D eigenvalue weighted by Gasteiger charge is -2.38. The summed E-state index contributed by atoms with van der Waals surface area (Å²) in [6, 6.07) is 24.6. The minimum Gasteiger partial charge on any atom is -0.329 e. The molecule has 3 aromatic carbocycles. The van der Waals surface area contributed by atoms with Crippen LogP contribution in [-0.4, -0.2) is 9.55 Å². The first-order valence-electron chi connectivity index (χ1n) is 9.11. The summed E-state index contributed by atoms with van der Waals surface area (Å²) in [7, 11) is 0. The van der Waals surface area contributed by atoms with Gasteiger partial charge >= 0.3 is 0 Å². The second kappa shape index (κ2) is 4.73. The van der Waals surface area contributed by atoms with Crippen LogP contribution >= 0.6 is 0 Å². The monoisotopic (exact) mass is 334 g/mol. The molecule has 0 fully saturated rings. The Hall–Kier alpha value is -3.13. The molecule has 2 aliphatic rings. The van der Waals surface area contributed by atoms with Gasteiger partial charge in [-0.1, -0.05) is 72.3 Å². The van der Waals surface area contributed by atoms with E-state index < -0.39 is 0 Å². The van der Waals surface area contributed by atoms with Crippen LogP contribution in [0.1, 0.15) is 33.6 Å². The second-order valence-electron chi connectivity index (χ2n) is 7.38. The van der Waals surface area contributed by atoms with Crippen LogP contribution in [0.25, 0.3) is 11.1 Å². The molecule has 2 nitrogen and oxygen atoms in total. The summed E-state index contributed by atoms with van der Waals surface area (Å²) in [6.45, 7) is 3.06. The van der Waals surface area contributed by atoms with Crippen LogP contribution in [0.3, 0.4) is 0 Å². The molecule has 1 unspecified atom stereocenters. The van der Waals surface area contributed by atoms with Crippen LogP contribution in [0, 0.1) is 6.92 Å². The Kier molecular flexibility index (Phi) is 2.56. The van der Waals surface area contributed by atoms with E-state index in [1.165, 1.54) is 38.9 Å². The van der Waals surface area contributed by atoms with Crippen LogP contribution in [-0.2, 0) is 12.0 Å². The molecule has 0 saturated heterocycles. The Bertz CT molecular complexity index is 1180. The third-order valence-electron chi connectivity index (χ3n) is 6.01. The van der Waals surface area contributed by atoms with E-state index in [1.807, 2.05) is 6.20 Å². The van der Waals surface area contributed by atoms with E-state index in [-0.39, 0.29) is 5.41 Å². The van der Waals surface area contributed by atoms with Crippen molar-refractivity contribution in [2.45, 2.75) is 18.9 Å². The molecule has 0 bridgehead atoms. The van der Waals surface area contributed by atoms with Gasteiger partial charge in [-0.05, 0) is 40.3 Å². The van der Waals surface area contributed by atoms with Gasteiger partial charge in [-0.2, -0.15) is 0 Å². The predicted molar refractivity (Wildman–Crippen MR) is 103 cm³/mol. The number of imidazole rings is 1. The van der Waals surface area contributed by atoms with Crippen LogP contribution in [0.2, 0.25) is 0 Å². The number of fused-ring (bicyclic) bond motifs is 9. The Morgan fingerprint density at radius 1 is 0.846 bits per heavy atom. The van der Waals surface area contributed by atoms with Crippen molar-refractivity contribution in [1.82, 2.24) is 9.55 Å². The molecule has 1 atom stereocenters. The highest BCUT2D eigenvalue weighted by Crippen LogP contribution is 2.57. The fraction of sp³-hybridized carbons (Fsp3) is 0.125. The number of aryl methyl sites for hydroxylation is 1. The molecular weight excluding hydrogens is 316 g/mol. The number of hydrogen-bond acceptors (Lipinski definition) is 1. The Morgan fingerprint density at radius 2 is 1.62 bits per heavy atom. The van der Waals surface area contributed by atoms with Crippen molar-refractivity contribution in [3.63, 3.8) is 0 Å². The molecule has 0 radical (unpaired) electrons. The van der Waals surface area contributed by atoms with Gasteiger partial charge in [-0.3, -0.25) is 0 Å². The highest BCUT2D eigenvalue weighted by Gasteiger charge is 2.51. The maximum Gasteiger partial charge on any atom is 0.128 e. The summed E-state index contributed by atoms with van der Waals surface area (Å²) in [5.74, 6) is 1.13. The van der Waals surface area contributed by atoms with Gasteiger partial charge in [0.2, 0.25) is 0 Å². The van der Waals surface area contributed by atoms with E-state index >= 15 is 0 Å². The van der Waals surface area contributed by atoms with Crippen LogP contribution in [0.5, 0.6) is 0 Å². The summed E-state index contributed by atoms with van der Waals surface area (Å²) in [5, 5.41) is 0. The third kappa shape index (κ3) is 1.51. The normalized spacial score (nSPS) is 19.0. The van der Waals surface area contributed by atoms with Gasteiger partial charge in [0.15, 0.2) is 0 Å². The second-order valence-corrected chi connectivity index (χ2v) is 7.38. The van der Waals surface area contributed by atoms with Gasteiger partial charge in [0, 0.05) is 18.9 Å². The topological polar surface area (TPSA) is 17.8 Å². The lowest BCUT2D eigenvalue weighted by atomic mass is 9.68. The quantitative estimate of drug-likeness (QED) is 0.386. The van der Waals surface area contributed by atoms with Crippen molar-refractivity contribution in [2.24, 2.45) is 0 Å². The Labute approximate surface area is 152 Å². The van der Waals surface area contributed by atoms with Crippen LogP contribution < -0.4 is 0 Å². The van der Waals surface area contributed by atoms with Gasteiger partial charge in [0.05, 0.1) is 0 Å². The number of hydrogen-bond donors (Lipinski definition) is 0. The van der Waals surface area contributed by atoms with Crippen molar-refractivity contribution < 1.29 is 0 Å². The van der Waals surface area contributed by atoms with E-state index in [0.717, 1.165) is 12.4 Å². The van der Waals surface area contributed by atoms with E-state index in [2.05, 4.69) is 84.4 Å². The number of aromatic nitrogens is 2. The van der Waals surface area contributed by atoms with Gasteiger partial charge < -0.3 is 4.57 Å². The Morgan fingerprint density at radius 3 is 2.54 bits per heavy atom. The van der Waals surface area contributed by atoms with Gasteiger partial charge in [0.25, 0.3) is 0 Å². The summed E-state index contributed by atoms with van der Waals surface area (Å²) < 4.78 is 2.32. The van der Waals surface area contributed by atoms with Crippen molar-refractivity contribution in [1.29, 1.82) is 0 Å². The minimum absolute atomic E-state index is 0.323. The van der Waals surface area contributed by atoms with Crippen molar-refractivity contribution in [3.05, 3.63) is 113 Å². The fourth-order valence-electron chi connectivity index (χ4n) is 5.02.